The Bertz CT molecular complexity index is 348. The Morgan fingerprint density at radius 3 is 2.56 bits per heavy atom. The molecule has 0 saturated heterocycles. The largest absolute Gasteiger partial charge is 0.357 e. The summed E-state index contributed by atoms with van der Waals surface area (Å²) in [6, 6.07) is 4.77. The van der Waals surface area contributed by atoms with Crippen molar-refractivity contribution >= 4 is 5.82 Å². The average Bonchev–Trinajstić information content (AvgIpc) is 2.25. The van der Waals surface area contributed by atoms with Gasteiger partial charge in [-0.25, -0.2) is 4.98 Å². The van der Waals surface area contributed by atoms with Crippen LogP contribution in [0.15, 0.2) is 18.3 Å². The van der Waals surface area contributed by atoms with E-state index in [1.54, 1.807) is 0 Å². The fraction of sp³-hybridized carbons (Fsp3) is 0.615. The summed E-state index contributed by atoms with van der Waals surface area (Å²) in [5.41, 5.74) is 7.15. The number of pyridine rings is 1. The predicted molar refractivity (Wildman–Crippen MR) is 67.3 cm³/mol. The molecular formula is C13H21N3. The summed E-state index contributed by atoms with van der Waals surface area (Å²) in [4.78, 5) is 6.73. The summed E-state index contributed by atoms with van der Waals surface area (Å²) < 4.78 is 0. The zero-order valence-corrected chi connectivity index (χ0v) is 10.4. The number of rotatable bonds is 3. The van der Waals surface area contributed by atoms with Gasteiger partial charge in [0.25, 0.3) is 0 Å². The van der Waals surface area contributed by atoms with E-state index in [9.17, 15) is 0 Å². The first-order valence-corrected chi connectivity index (χ1v) is 5.90. The van der Waals surface area contributed by atoms with Crippen molar-refractivity contribution in [2.45, 2.75) is 39.3 Å². The molecule has 0 aliphatic heterocycles. The van der Waals surface area contributed by atoms with Gasteiger partial charge in [0.1, 0.15) is 5.82 Å². The van der Waals surface area contributed by atoms with Gasteiger partial charge in [0, 0.05) is 25.8 Å². The van der Waals surface area contributed by atoms with Crippen molar-refractivity contribution in [2.75, 3.05) is 11.9 Å². The second-order valence-corrected chi connectivity index (χ2v) is 5.57. The van der Waals surface area contributed by atoms with Crippen LogP contribution in [0.25, 0.3) is 0 Å². The van der Waals surface area contributed by atoms with E-state index in [0.29, 0.717) is 18.0 Å². The van der Waals surface area contributed by atoms with E-state index in [1.165, 1.54) is 12.8 Å². The number of aromatic nitrogens is 1. The highest BCUT2D eigenvalue weighted by Gasteiger charge is 2.38. The van der Waals surface area contributed by atoms with Gasteiger partial charge in [-0.05, 0) is 29.9 Å². The molecule has 1 aliphatic rings. The first-order valence-electron chi connectivity index (χ1n) is 5.90. The van der Waals surface area contributed by atoms with Crippen molar-refractivity contribution in [2.24, 2.45) is 11.1 Å². The molecule has 0 unspecified atom stereocenters. The first-order chi connectivity index (χ1) is 7.52. The molecule has 0 aromatic carbocycles. The Morgan fingerprint density at radius 2 is 2.12 bits per heavy atom. The zero-order chi connectivity index (χ0) is 11.8. The fourth-order valence-corrected chi connectivity index (χ4v) is 2.42. The van der Waals surface area contributed by atoms with Crippen LogP contribution in [0.5, 0.6) is 0 Å². The van der Waals surface area contributed by atoms with Crippen molar-refractivity contribution in [3.05, 3.63) is 23.9 Å². The lowest BCUT2D eigenvalue weighted by Crippen LogP contribution is -2.47. The zero-order valence-electron chi connectivity index (χ0n) is 10.4. The minimum atomic E-state index is 0.510. The highest BCUT2D eigenvalue weighted by Crippen LogP contribution is 2.43. The minimum Gasteiger partial charge on any atom is -0.357 e. The van der Waals surface area contributed by atoms with Crippen LogP contribution in [0.2, 0.25) is 0 Å². The molecule has 1 saturated carbocycles. The third-order valence-corrected chi connectivity index (χ3v) is 3.53. The summed E-state index contributed by atoms with van der Waals surface area (Å²) in [5.74, 6) is 1.05. The average molecular weight is 219 g/mol. The molecule has 1 aliphatic carbocycles. The van der Waals surface area contributed by atoms with E-state index < -0.39 is 0 Å². The van der Waals surface area contributed by atoms with E-state index in [-0.39, 0.29) is 0 Å². The van der Waals surface area contributed by atoms with Crippen molar-refractivity contribution in [1.82, 2.24) is 4.98 Å². The number of nitrogens with two attached hydrogens (primary N) is 1. The van der Waals surface area contributed by atoms with Crippen LogP contribution in [-0.2, 0) is 6.54 Å². The van der Waals surface area contributed by atoms with E-state index in [1.807, 2.05) is 6.20 Å². The Balaban J connectivity index is 2.01. The summed E-state index contributed by atoms with van der Waals surface area (Å²) in [6.45, 7) is 5.21. The van der Waals surface area contributed by atoms with Crippen LogP contribution in [0.1, 0.15) is 32.3 Å². The molecule has 1 fully saturated rings. The Hall–Kier alpha value is -1.09. The van der Waals surface area contributed by atoms with E-state index >= 15 is 0 Å². The van der Waals surface area contributed by atoms with Crippen molar-refractivity contribution in [3.8, 4) is 0 Å². The molecule has 3 heteroatoms. The van der Waals surface area contributed by atoms with Crippen LogP contribution in [0.4, 0.5) is 5.82 Å². The standard InChI is InChI=1S/C13H21N3/c1-13(2)6-11(7-13)16(3)12-5-4-10(8-14)9-15-12/h4-5,9,11H,6-8,14H2,1-3H3. The highest BCUT2D eigenvalue weighted by molar-refractivity contribution is 5.40. The SMILES string of the molecule is CN(c1ccc(CN)cn1)C1CC(C)(C)C1. The summed E-state index contributed by atoms with van der Waals surface area (Å²) in [5, 5.41) is 0. The lowest BCUT2D eigenvalue weighted by molar-refractivity contribution is 0.150. The second kappa shape index (κ2) is 4.06. The maximum Gasteiger partial charge on any atom is 0.128 e. The molecule has 2 N–H and O–H groups in total. The van der Waals surface area contributed by atoms with Gasteiger partial charge in [0.15, 0.2) is 0 Å². The Morgan fingerprint density at radius 1 is 1.44 bits per heavy atom. The molecule has 0 bridgehead atoms. The summed E-state index contributed by atoms with van der Waals surface area (Å²) in [7, 11) is 2.13. The van der Waals surface area contributed by atoms with Gasteiger partial charge < -0.3 is 10.6 Å². The monoisotopic (exact) mass is 219 g/mol. The molecule has 0 amide bonds. The van der Waals surface area contributed by atoms with Gasteiger partial charge in [-0.2, -0.15) is 0 Å². The lowest BCUT2D eigenvalue weighted by atomic mass is 9.68. The summed E-state index contributed by atoms with van der Waals surface area (Å²) >= 11 is 0. The molecular weight excluding hydrogens is 198 g/mol. The third kappa shape index (κ3) is 2.19. The minimum absolute atomic E-state index is 0.510. The van der Waals surface area contributed by atoms with Gasteiger partial charge in [0.05, 0.1) is 0 Å². The molecule has 88 valence electrons. The number of anilines is 1. The molecule has 1 heterocycles. The third-order valence-electron chi connectivity index (χ3n) is 3.53. The topological polar surface area (TPSA) is 42.1 Å². The van der Waals surface area contributed by atoms with E-state index in [4.69, 9.17) is 5.73 Å². The van der Waals surface area contributed by atoms with Crippen LogP contribution >= 0.6 is 0 Å². The molecule has 3 nitrogen and oxygen atoms in total. The van der Waals surface area contributed by atoms with Crippen LogP contribution in [0, 0.1) is 5.41 Å². The highest BCUT2D eigenvalue weighted by atomic mass is 15.2. The Labute approximate surface area is 97.7 Å². The van der Waals surface area contributed by atoms with Gasteiger partial charge in [0.2, 0.25) is 0 Å². The lowest BCUT2D eigenvalue weighted by Gasteiger charge is -2.47. The van der Waals surface area contributed by atoms with Gasteiger partial charge in [-0.3, -0.25) is 0 Å². The maximum atomic E-state index is 5.56. The molecule has 2 rings (SSSR count). The smallest absolute Gasteiger partial charge is 0.128 e. The van der Waals surface area contributed by atoms with Crippen molar-refractivity contribution in [1.29, 1.82) is 0 Å². The van der Waals surface area contributed by atoms with E-state index in [0.717, 1.165) is 11.4 Å². The number of hydrogen-bond acceptors (Lipinski definition) is 3. The van der Waals surface area contributed by atoms with Crippen molar-refractivity contribution in [3.63, 3.8) is 0 Å². The molecule has 16 heavy (non-hydrogen) atoms. The molecule has 0 radical (unpaired) electrons. The summed E-state index contributed by atoms with van der Waals surface area (Å²) in [6.07, 6.45) is 4.38. The van der Waals surface area contributed by atoms with Gasteiger partial charge >= 0.3 is 0 Å². The molecule has 0 spiro atoms. The Kier molecular flexibility index (Phi) is 2.89. The quantitative estimate of drug-likeness (QED) is 0.847. The predicted octanol–water partition coefficient (Wildman–Crippen LogP) is 2.17. The first kappa shape index (κ1) is 11.4. The fourth-order valence-electron chi connectivity index (χ4n) is 2.42. The number of hydrogen-bond donors (Lipinski definition) is 1. The maximum absolute atomic E-state index is 5.56. The van der Waals surface area contributed by atoms with Gasteiger partial charge in [-0.15, -0.1) is 0 Å². The molecule has 0 atom stereocenters. The van der Waals surface area contributed by atoms with Crippen molar-refractivity contribution < 1.29 is 0 Å². The number of nitrogens with zero attached hydrogens (tertiary/aromatic N) is 2. The van der Waals surface area contributed by atoms with Gasteiger partial charge in [-0.1, -0.05) is 19.9 Å². The van der Waals surface area contributed by atoms with E-state index in [2.05, 4.69) is 42.9 Å². The van der Waals surface area contributed by atoms with Crippen LogP contribution in [-0.4, -0.2) is 18.1 Å². The molecule has 1 aromatic rings. The second-order valence-electron chi connectivity index (χ2n) is 5.57. The van der Waals surface area contributed by atoms with Crippen LogP contribution < -0.4 is 10.6 Å². The molecule has 1 aromatic heterocycles. The normalized spacial score (nSPS) is 19.2. The van der Waals surface area contributed by atoms with Crippen LogP contribution in [0.3, 0.4) is 0 Å².